The van der Waals surface area contributed by atoms with E-state index >= 15 is 0 Å². The zero-order valence-electron chi connectivity index (χ0n) is 20.6. The Morgan fingerprint density at radius 2 is 1.89 bits per heavy atom. The van der Waals surface area contributed by atoms with E-state index in [9.17, 15) is 4.79 Å². The Morgan fingerprint density at radius 1 is 1.05 bits per heavy atom. The van der Waals surface area contributed by atoms with E-state index in [1.807, 2.05) is 73.1 Å². The molecule has 37 heavy (non-hydrogen) atoms. The third-order valence-electron chi connectivity index (χ3n) is 6.51. The Hall–Kier alpha value is -4.17. The van der Waals surface area contributed by atoms with E-state index in [2.05, 4.69) is 43.3 Å². The molecule has 1 aliphatic heterocycles. The molecule has 0 amide bonds. The number of benzene rings is 2. The van der Waals surface area contributed by atoms with E-state index in [4.69, 9.17) is 17.0 Å². The van der Waals surface area contributed by atoms with E-state index in [0.29, 0.717) is 10.7 Å². The first-order valence-corrected chi connectivity index (χ1v) is 12.7. The Balaban J connectivity index is 1.44. The number of pyridine rings is 1. The van der Waals surface area contributed by atoms with Gasteiger partial charge in [0.25, 0.3) is 0 Å². The van der Waals surface area contributed by atoms with Crippen LogP contribution in [0.1, 0.15) is 40.3 Å². The lowest BCUT2D eigenvalue weighted by Gasteiger charge is -2.29. The molecule has 3 heterocycles. The van der Waals surface area contributed by atoms with Crippen molar-refractivity contribution in [2.45, 2.75) is 18.5 Å². The minimum absolute atomic E-state index is 0.0871. The van der Waals surface area contributed by atoms with Crippen LogP contribution in [0.25, 0.3) is 5.69 Å². The van der Waals surface area contributed by atoms with E-state index in [0.717, 1.165) is 42.3 Å². The van der Waals surface area contributed by atoms with Crippen LogP contribution < -0.4 is 10.6 Å². The van der Waals surface area contributed by atoms with Gasteiger partial charge in [-0.1, -0.05) is 30.3 Å². The Kier molecular flexibility index (Phi) is 7.46. The Morgan fingerprint density at radius 3 is 2.68 bits per heavy atom. The number of thiocarbonyl (C=S) groups is 1. The third-order valence-corrected chi connectivity index (χ3v) is 6.86. The van der Waals surface area contributed by atoms with E-state index < -0.39 is 0 Å². The number of carbonyl (C=O) groups is 1. The van der Waals surface area contributed by atoms with Gasteiger partial charge in [-0.3, -0.25) is 4.98 Å². The Bertz CT molecular complexity index is 1360. The quantitative estimate of drug-likeness (QED) is 0.183. The third kappa shape index (κ3) is 5.34. The van der Waals surface area contributed by atoms with Crippen molar-refractivity contribution in [1.82, 2.24) is 19.8 Å². The van der Waals surface area contributed by atoms with Crippen molar-refractivity contribution < 1.29 is 9.53 Å². The molecule has 0 spiro atoms. The molecule has 8 heteroatoms. The predicted molar refractivity (Wildman–Crippen MR) is 149 cm³/mol. The number of aromatic nitrogens is 2. The van der Waals surface area contributed by atoms with Crippen LogP contribution >= 0.6 is 12.2 Å². The largest absolute Gasteiger partial charge is 0.465 e. The summed E-state index contributed by atoms with van der Waals surface area (Å²) in [6.45, 7) is 1.60. The van der Waals surface area contributed by atoms with Gasteiger partial charge in [0, 0.05) is 42.6 Å². The number of para-hydroxylation sites is 1. The molecular weight excluding hydrogens is 482 g/mol. The molecule has 7 nitrogen and oxygen atoms in total. The number of rotatable bonds is 9. The average molecular weight is 512 g/mol. The SMILES string of the molecule is COC(=O)c1cccc(-n2cccc2[C@@H]2[C@@H](c3ccccn3)NC(=S)N2CCCNc2ccccc2)c1. The number of carbonyl (C=O) groups excluding carboxylic acids is 1. The highest BCUT2D eigenvalue weighted by molar-refractivity contribution is 7.80. The highest BCUT2D eigenvalue weighted by Gasteiger charge is 2.41. The van der Waals surface area contributed by atoms with Gasteiger partial charge in [0.2, 0.25) is 0 Å². The summed E-state index contributed by atoms with van der Waals surface area (Å²) in [6.07, 6.45) is 4.72. The monoisotopic (exact) mass is 511 g/mol. The maximum atomic E-state index is 12.2. The second-order valence-electron chi connectivity index (χ2n) is 8.81. The molecule has 0 aliphatic carbocycles. The van der Waals surface area contributed by atoms with E-state index in [1.165, 1.54) is 7.11 Å². The lowest BCUT2D eigenvalue weighted by Crippen LogP contribution is -2.32. The number of esters is 1. The molecule has 5 rings (SSSR count). The van der Waals surface area contributed by atoms with Crippen molar-refractivity contribution in [3.05, 3.63) is 114 Å². The predicted octanol–water partition coefficient (Wildman–Crippen LogP) is 5.13. The second-order valence-corrected chi connectivity index (χ2v) is 9.20. The van der Waals surface area contributed by atoms with Crippen molar-refractivity contribution in [3.63, 3.8) is 0 Å². The van der Waals surface area contributed by atoms with Crippen LogP contribution in [0.15, 0.2) is 97.3 Å². The van der Waals surface area contributed by atoms with Crippen molar-refractivity contribution in [2.75, 3.05) is 25.5 Å². The lowest BCUT2D eigenvalue weighted by atomic mass is 10.0. The van der Waals surface area contributed by atoms with Crippen LogP contribution in [0.3, 0.4) is 0 Å². The van der Waals surface area contributed by atoms with Gasteiger partial charge in [0.15, 0.2) is 5.11 Å². The zero-order valence-corrected chi connectivity index (χ0v) is 21.4. The van der Waals surface area contributed by atoms with Crippen LogP contribution in [-0.2, 0) is 4.74 Å². The maximum Gasteiger partial charge on any atom is 0.337 e. The van der Waals surface area contributed by atoms with Crippen LogP contribution in [0.2, 0.25) is 0 Å². The number of anilines is 1. The lowest BCUT2D eigenvalue weighted by molar-refractivity contribution is 0.0600. The van der Waals surface area contributed by atoms with Crippen LogP contribution in [-0.4, -0.2) is 45.7 Å². The standard InChI is InChI=1S/C29H29N5O2S/c1-36-28(35)21-10-7-13-23(20-21)33-18-8-15-25(33)27-26(24-14-5-6-16-31-24)32-29(37)34(27)19-9-17-30-22-11-3-2-4-12-22/h2-8,10-16,18,20,26-27,30H,9,17,19H2,1H3,(H,32,37)/t26-,27-/m1/s1. The van der Waals surface area contributed by atoms with Gasteiger partial charge >= 0.3 is 5.97 Å². The van der Waals surface area contributed by atoms with Crippen molar-refractivity contribution in [2.24, 2.45) is 0 Å². The number of ether oxygens (including phenoxy) is 1. The molecule has 1 saturated heterocycles. The summed E-state index contributed by atoms with van der Waals surface area (Å²) >= 11 is 5.84. The molecule has 1 fully saturated rings. The maximum absolute atomic E-state index is 12.2. The summed E-state index contributed by atoms with van der Waals surface area (Å²) in [7, 11) is 1.39. The number of hydrogen-bond acceptors (Lipinski definition) is 5. The number of methoxy groups -OCH3 is 1. The number of hydrogen-bond donors (Lipinski definition) is 2. The molecule has 2 aromatic heterocycles. The van der Waals surface area contributed by atoms with Gasteiger partial charge in [-0.25, -0.2) is 4.79 Å². The number of nitrogens with zero attached hydrogens (tertiary/aromatic N) is 3. The van der Waals surface area contributed by atoms with Crippen LogP contribution in [0, 0.1) is 0 Å². The molecule has 0 unspecified atom stereocenters. The molecule has 0 bridgehead atoms. The van der Waals surface area contributed by atoms with Gasteiger partial charge in [-0.15, -0.1) is 0 Å². The summed E-state index contributed by atoms with van der Waals surface area (Å²) < 4.78 is 7.04. The summed E-state index contributed by atoms with van der Waals surface area (Å²) in [6, 6.07) is 27.5. The number of nitrogens with one attached hydrogen (secondary N) is 2. The first-order chi connectivity index (χ1) is 18.2. The molecule has 2 aromatic carbocycles. The van der Waals surface area contributed by atoms with Crippen molar-refractivity contribution >= 4 is 29.0 Å². The van der Waals surface area contributed by atoms with Gasteiger partial charge in [-0.2, -0.15) is 0 Å². The van der Waals surface area contributed by atoms with Gasteiger partial charge < -0.3 is 24.8 Å². The summed E-state index contributed by atoms with van der Waals surface area (Å²) in [5.74, 6) is -0.363. The van der Waals surface area contributed by atoms with Gasteiger partial charge in [0.1, 0.15) is 0 Å². The highest BCUT2D eigenvalue weighted by atomic mass is 32.1. The fourth-order valence-electron chi connectivity index (χ4n) is 4.78. The van der Waals surface area contributed by atoms with Crippen molar-refractivity contribution in [1.29, 1.82) is 0 Å². The first-order valence-electron chi connectivity index (χ1n) is 12.3. The summed E-state index contributed by atoms with van der Waals surface area (Å²) in [5.41, 5.74) is 4.47. The van der Waals surface area contributed by atoms with Crippen LogP contribution in [0.4, 0.5) is 5.69 Å². The van der Waals surface area contributed by atoms with Crippen molar-refractivity contribution in [3.8, 4) is 5.69 Å². The molecular formula is C29H29N5O2S. The van der Waals surface area contributed by atoms with Gasteiger partial charge in [-0.05, 0) is 73.2 Å². The highest BCUT2D eigenvalue weighted by Crippen LogP contribution is 2.39. The normalized spacial score (nSPS) is 16.9. The first kappa shape index (κ1) is 24.5. The zero-order chi connectivity index (χ0) is 25.6. The smallest absolute Gasteiger partial charge is 0.337 e. The second kappa shape index (κ2) is 11.3. The Labute approximate surface area is 222 Å². The van der Waals surface area contributed by atoms with Gasteiger partial charge in [0.05, 0.1) is 30.5 Å². The molecule has 0 saturated carbocycles. The average Bonchev–Trinajstić information content (AvgIpc) is 3.56. The molecule has 2 atom stereocenters. The minimum atomic E-state index is -0.363. The molecule has 0 radical (unpaired) electrons. The minimum Gasteiger partial charge on any atom is -0.465 e. The molecule has 188 valence electrons. The van der Waals surface area contributed by atoms with E-state index in [1.54, 1.807) is 6.07 Å². The topological polar surface area (TPSA) is 71.4 Å². The van der Waals surface area contributed by atoms with E-state index in [-0.39, 0.29) is 18.1 Å². The molecule has 2 N–H and O–H groups in total. The summed E-state index contributed by atoms with van der Waals surface area (Å²) in [5, 5.41) is 7.71. The van der Waals surface area contributed by atoms with Crippen LogP contribution in [0.5, 0.6) is 0 Å². The molecule has 1 aliphatic rings. The fourth-order valence-corrected chi connectivity index (χ4v) is 5.11. The fraction of sp³-hybridized carbons (Fsp3) is 0.207. The summed E-state index contributed by atoms with van der Waals surface area (Å²) in [4.78, 5) is 19.1. The molecule has 4 aromatic rings.